The Morgan fingerprint density at radius 3 is 0.368 bits per heavy atom. The van der Waals surface area contributed by atoms with E-state index < -0.39 is 30.7 Å². The molecular weight excluding hydrogens is 564 g/mol. The molecule has 0 atom stereocenters. The van der Waals surface area contributed by atoms with Gasteiger partial charge in [0.25, 0.3) is 0 Å². The molecule has 0 fully saturated rings. The molecule has 0 unspecified atom stereocenters. The van der Waals surface area contributed by atoms with Gasteiger partial charge in [0.15, 0.2) is 0 Å². The number of rotatable bonds is 6. The van der Waals surface area contributed by atoms with Crippen molar-refractivity contribution < 1.29 is 113 Å². The van der Waals surface area contributed by atoms with Gasteiger partial charge in [0, 0.05) is 0 Å². The zero-order chi connectivity index (χ0) is 26.4. The Bertz CT molecular complexity index is 411. The monoisotopic (exact) mass is 618 g/mol. The predicted molar refractivity (Wildman–Crippen MR) is 150 cm³/mol. The summed E-state index contributed by atoms with van der Waals surface area (Å²) in [5.74, 6) is 0. The quantitative estimate of drug-likeness (QED) is 0.265. The summed E-state index contributed by atoms with van der Waals surface area (Å²) in [7, 11) is 0. The Hall–Kier alpha value is 4.46. The van der Waals surface area contributed by atoms with Crippen LogP contribution in [0.3, 0.4) is 0 Å². The molecule has 0 aromatic carbocycles. The van der Waals surface area contributed by atoms with Crippen LogP contribution in [0.5, 0.6) is 0 Å². The Morgan fingerprint density at radius 2 is 0.316 bits per heavy atom. The molecule has 0 heterocycles. The Labute approximate surface area is 323 Å². The van der Waals surface area contributed by atoms with Crippen molar-refractivity contribution in [3.63, 3.8) is 0 Å². The van der Waals surface area contributed by atoms with Crippen LogP contribution in [0.15, 0.2) is 0 Å². The van der Waals surface area contributed by atoms with Gasteiger partial charge in [0.05, 0.1) is 0 Å². The van der Waals surface area contributed by atoms with Crippen LogP contribution in [-0.4, -0.2) is 63.9 Å². The third-order valence-electron chi connectivity index (χ3n) is 2.34. The van der Waals surface area contributed by atoms with Crippen LogP contribution in [0.25, 0.3) is 25.4 Å². The maximum Gasteiger partial charge on any atom is 1.00 e. The van der Waals surface area contributed by atoms with Crippen LogP contribution >= 0.6 is 0 Å². The van der Waals surface area contributed by atoms with E-state index in [2.05, 4.69) is 125 Å². The molecule has 0 spiro atoms. The Balaban J connectivity index is -0.0000000682. The zero-order valence-electron chi connectivity index (χ0n) is 30.6. The van der Waals surface area contributed by atoms with Crippen molar-refractivity contribution in [2.75, 3.05) is 0 Å². The summed E-state index contributed by atoms with van der Waals surface area (Å²) in [6.07, 6.45) is 0. The summed E-state index contributed by atoms with van der Waals surface area (Å²) < 4.78 is 28.8. The predicted octanol–water partition coefficient (Wildman–Crippen LogP) is -9.00. The molecule has 0 bridgehead atoms. The number of nitrogens with zero attached hydrogens (tertiary/aromatic N) is 6. The smallest absolute Gasteiger partial charge is 1.00 e. The largest absolute Gasteiger partial charge is 1.00 e. The maximum atomic E-state index is 4.79. The molecule has 0 aromatic rings. The van der Waals surface area contributed by atoms with Gasteiger partial charge in [0.2, 0.25) is 0 Å². The average Bonchev–Trinajstić information content (AvgIpc) is 2.24. The van der Waals surface area contributed by atoms with E-state index in [4.69, 9.17) is 25.4 Å². The van der Waals surface area contributed by atoms with Crippen LogP contribution in [0, 0.1) is 0 Å². The molecule has 0 saturated heterocycles. The second-order valence-electron chi connectivity index (χ2n) is 14.2. The van der Waals surface area contributed by atoms with E-state index in [0.29, 0.717) is 0 Å². The van der Waals surface area contributed by atoms with E-state index in [1.165, 1.54) is 0 Å². The molecule has 0 aliphatic carbocycles. The van der Waals surface area contributed by atoms with E-state index in [1.807, 2.05) is 0 Å². The van der Waals surface area contributed by atoms with Gasteiger partial charge >= 0.3 is 327 Å². The fourth-order valence-electron chi connectivity index (χ4n) is 1.74. The van der Waals surface area contributed by atoms with Gasteiger partial charge in [-0.25, -0.2) is 0 Å². The summed E-state index contributed by atoms with van der Waals surface area (Å²) >= 11 is -3.61. The van der Waals surface area contributed by atoms with Gasteiger partial charge in [-0.1, -0.05) is 0 Å². The van der Waals surface area contributed by atoms with E-state index in [0.717, 1.165) is 0 Å². The molecular formula is C24H54As2Li6N6. The van der Waals surface area contributed by atoms with Crippen molar-refractivity contribution in [3.8, 4) is 0 Å². The fraction of sp³-hybridized carbons (Fsp3) is 1.00. The normalized spacial score (nSPS) is 12.3. The second-order valence-corrected chi connectivity index (χ2v) is 18.9. The molecule has 196 valence electrons. The molecule has 0 aliphatic rings. The molecule has 0 radical (unpaired) electrons. The van der Waals surface area contributed by atoms with Crippen LogP contribution in [0.4, 0.5) is 0 Å². The maximum absolute atomic E-state index is 4.79. The molecule has 0 N–H and O–H groups in total. The third-order valence-corrected chi connectivity index (χ3v) is 12.1. The topological polar surface area (TPSA) is 84.6 Å². The molecule has 14 heteroatoms. The summed E-state index contributed by atoms with van der Waals surface area (Å²) in [6.45, 7) is 38.1. The van der Waals surface area contributed by atoms with Crippen molar-refractivity contribution in [2.45, 2.75) is 158 Å². The number of hydrogen-bond acceptors (Lipinski definition) is 0. The minimum absolute atomic E-state index is 0. The van der Waals surface area contributed by atoms with Crippen LogP contribution < -0.4 is 113 Å². The van der Waals surface area contributed by atoms with Crippen molar-refractivity contribution in [1.29, 1.82) is 0 Å². The summed E-state index contributed by atoms with van der Waals surface area (Å²) in [4.78, 5) is 0. The average molecular weight is 618 g/mol. The summed E-state index contributed by atoms with van der Waals surface area (Å²) in [5.41, 5.74) is -0.229. The number of hydrogen-bond donors (Lipinski definition) is 0. The molecule has 38 heavy (non-hydrogen) atoms. The van der Waals surface area contributed by atoms with E-state index >= 15 is 0 Å². The first-order valence-electron chi connectivity index (χ1n) is 11.5. The van der Waals surface area contributed by atoms with Gasteiger partial charge in [-0.3, -0.25) is 0 Å². The van der Waals surface area contributed by atoms with Gasteiger partial charge in [-0.05, 0) is 0 Å². The Kier molecular flexibility index (Phi) is 39.9. The first-order valence-corrected chi connectivity index (χ1v) is 16.6. The van der Waals surface area contributed by atoms with Crippen molar-refractivity contribution in [2.24, 2.45) is 0 Å². The Morgan fingerprint density at radius 1 is 0.237 bits per heavy atom. The van der Waals surface area contributed by atoms with E-state index in [9.17, 15) is 0 Å². The van der Waals surface area contributed by atoms with Gasteiger partial charge < -0.3 is 0 Å². The first kappa shape index (κ1) is 61.5. The molecule has 0 saturated carbocycles. The third kappa shape index (κ3) is 53.1. The van der Waals surface area contributed by atoms with Crippen LogP contribution in [-0.2, 0) is 0 Å². The molecule has 0 aromatic heterocycles. The van der Waals surface area contributed by atoms with Gasteiger partial charge in [-0.2, -0.15) is 0 Å². The van der Waals surface area contributed by atoms with Crippen molar-refractivity contribution in [1.82, 2.24) is 0 Å². The van der Waals surface area contributed by atoms with Crippen LogP contribution in [0.2, 0.25) is 0 Å². The minimum atomic E-state index is -1.81. The minimum Gasteiger partial charge on any atom is 1.00 e. The molecule has 0 rings (SSSR count). The summed E-state index contributed by atoms with van der Waals surface area (Å²) in [5, 5.41) is 0. The second kappa shape index (κ2) is 24.7. The molecule has 6 nitrogen and oxygen atoms in total. The van der Waals surface area contributed by atoms with Gasteiger partial charge in [0.1, 0.15) is 0 Å². The van der Waals surface area contributed by atoms with Gasteiger partial charge in [-0.15, -0.1) is 0 Å². The van der Waals surface area contributed by atoms with Crippen molar-refractivity contribution in [3.05, 3.63) is 25.4 Å². The first-order chi connectivity index (χ1) is 13.6. The molecule has 0 aliphatic heterocycles. The fourth-order valence-corrected chi connectivity index (χ4v) is 9.06. The SMILES string of the molecule is CC(C)(C)[N-][As]([N-]C(C)(C)C)[N-]C(C)(C)C.CC(C)(C)[N-][As]([N-]C(C)(C)C)[N-]C(C)(C)C.[Li+].[Li+].[Li+].[Li+].[Li+].[Li+]. The van der Waals surface area contributed by atoms with Crippen molar-refractivity contribution >= 4 is 30.7 Å². The van der Waals surface area contributed by atoms with E-state index in [-0.39, 0.29) is 146 Å². The van der Waals surface area contributed by atoms with Crippen LogP contribution in [0.1, 0.15) is 125 Å². The zero-order valence-corrected chi connectivity index (χ0v) is 34.3. The standard InChI is InChI=1S/2C12H27AsN3.6Li/c2*1-10(2,3)14-13(15-11(4,5)6)16-12(7,8)9;;;;;;/h2*1-9H3;;;;;;/q2*-3;6*+1. The van der Waals surface area contributed by atoms with E-state index in [1.54, 1.807) is 0 Å². The molecule has 0 amide bonds. The summed E-state index contributed by atoms with van der Waals surface area (Å²) in [6, 6.07) is 0.